The number of hydrogen-bond acceptors (Lipinski definition) is 6. The van der Waals surface area contributed by atoms with Gasteiger partial charge in [0.1, 0.15) is 18.1 Å². The minimum atomic E-state index is -0.330. The number of rotatable bonds is 7. The van der Waals surface area contributed by atoms with Crippen LogP contribution in [0.15, 0.2) is 85.3 Å². The molecule has 2 heterocycles. The summed E-state index contributed by atoms with van der Waals surface area (Å²) in [6, 6.07) is 20.7. The Bertz CT molecular complexity index is 1170. The van der Waals surface area contributed by atoms with Gasteiger partial charge in [0.15, 0.2) is 0 Å². The highest BCUT2D eigenvalue weighted by Crippen LogP contribution is 2.23. The topological polar surface area (TPSA) is 89.0 Å². The maximum absolute atomic E-state index is 12.8. The first-order valence-corrected chi connectivity index (χ1v) is 9.76. The van der Waals surface area contributed by atoms with Gasteiger partial charge in [-0.2, -0.15) is 0 Å². The molecule has 0 radical (unpaired) electrons. The van der Waals surface area contributed by atoms with Gasteiger partial charge in [0.25, 0.3) is 5.91 Å². The summed E-state index contributed by atoms with van der Waals surface area (Å²) in [5.41, 5.74) is 3.69. The van der Waals surface area contributed by atoms with E-state index in [4.69, 9.17) is 4.74 Å². The Morgan fingerprint density at radius 2 is 1.77 bits per heavy atom. The van der Waals surface area contributed by atoms with Crippen molar-refractivity contribution in [3.8, 4) is 5.75 Å². The van der Waals surface area contributed by atoms with E-state index < -0.39 is 0 Å². The van der Waals surface area contributed by atoms with E-state index >= 15 is 0 Å². The van der Waals surface area contributed by atoms with Crippen molar-refractivity contribution < 1.29 is 9.53 Å². The lowest BCUT2D eigenvalue weighted by atomic mass is 10.2. The Balaban J connectivity index is 1.45. The van der Waals surface area contributed by atoms with E-state index in [2.05, 4.69) is 25.6 Å². The summed E-state index contributed by atoms with van der Waals surface area (Å²) >= 11 is 0. The number of amides is 1. The summed E-state index contributed by atoms with van der Waals surface area (Å²) in [6.45, 7) is 2.38. The van der Waals surface area contributed by atoms with Crippen LogP contribution in [0.1, 0.15) is 21.6 Å². The fourth-order valence-electron chi connectivity index (χ4n) is 2.86. The number of benzene rings is 2. The van der Waals surface area contributed by atoms with Crippen LogP contribution in [0.2, 0.25) is 0 Å². The average Bonchev–Trinajstić information content (AvgIpc) is 2.81. The Morgan fingerprint density at radius 1 is 0.968 bits per heavy atom. The quantitative estimate of drug-likeness (QED) is 0.456. The molecule has 0 saturated carbocycles. The number of nitrogens with zero attached hydrogens (tertiary/aromatic N) is 3. The van der Waals surface area contributed by atoms with Gasteiger partial charge >= 0.3 is 0 Å². The van der Waals surface area contributed by atoms with Crippen molar-refractivity contribution in [1.29, 1.82) is 0 Å². The van der Waals surface area contributed by atoms with E-state index in [1.807, 2.05) is 55.5 Å². The van der Waals surface area contributed by atoms with Gasteiger partial charge < -0.3 is 15.4 Å². The number of pyridine rings is 1. The van der Waals surface area contributed by atoms with Crippen LogP contribution in [-0.2, 0) is 6.61 Å². The zero-order valence-electron chi connectivity index (χ0n) is 16.9. The van der Waals surface area contributed by atoms with Gasteiger partial charge in [-0.15, -0.1) is 0 Å². The lowest BCUT2D eigenvalue weighted by molar-refractivity contribution is 0.102. The largest absolute Gasteiger partial charge is 0.489 e. The number of ether oxygens (including phenoxy) is 1. The number of aromatic nitrogens is 3. The molecule has 7 nitrogen and oxygen atoms in total. The molecule has 0 unspecified atom stereocenters. The van der Waals surface area contributed by atoms with Crippen LogP contribution in [0.5, 0.6) is 5.75 Å². The predicted octanol–water partition coefficient (Wildman–Crippen LogP) is 4.75. The molecule has 0 aliphatic carbocycles. The van der Waals surface area contributed by atoms with Gasteiger partial charge in [0.2, 0.25) is 5.95 Å². The zero-order valence-corrected chi connectivity index (χ0v) is 16.9. The summed E-state index contributed by atoms with van der Waals surface area (Å²) in [5.74, 6) is 0.673. The molecular formula is C24H21N5O2. The van der Waals surface area contributed by atoms with Crippen LogP contribution in [0.3, 0.4) is 0 Å². The molecule has 0 saturated heterocycles. The fraction of sp³-hybridized carbons (Fsp3) is 0.0833. The Kier molecular flexibility index (Phi) is 6.13. The number of anilines is 3. The van der Waals surface area contributed by atoms with Gasteiger partial charge in [-0.05, 0) is 42.3 Å². The Hall–Kier alpha value is -4.26. The van der Waals surface area contributed by atoms with Crippen molar-refractivity contribution in [3.05, 3.63) is 102 Å². The average molecular weight is 411 g/mol. The smallest absolute Gasteiger partial charge is 0.274 e. The molecule has 7 heteroatoms. The predicted molar refractivity (Wildman–Crippen MR) is 119 cm³/mol. The Morgan fingerprint density at radius 3 is 2.58 bits per heavy atom. The third-order valence-corrected chi connectivity index (χ3v) is 4.53. The van der Waals surface area contributed by atoms with Crippen molar-refractivity contribution >= 4 is 23.2 Å². The van der Waals surface area contributed by atoms with Crippen LogP contribution in [0.4, 0.5) is 17.3 Å². The first-order chi connectivity index (χ1) is 15.2. The minimum Gasteiger partial charge on any atom is -0.489 e. The van der Waals surface area contributed by atoms with E-state index in [0.717, 1.165) is 16.8 Å². The molecular weight excluding hydrogens is 390 g/mol. The molecule has 0 bridgehead atoms. The van der Waals surface area contributed by atoms with E-state index in [1.54, 1.807) is 30.6 Å². The molecule has 2 N–H and O–H groups in total. The first kappa shape index (κ1) is 20.0. The monoisotopic (exact) mass is 411 g/mol. The second-order valence-electron chi connectivity index (χ2n) is 6.83. The van der Waals surface area contributed by atoms with Crippen LogP contribution < -0.4 is 15.4 Å². The summed E-state index contributed by atoms with van der Waals surface area (Å²) in [4.78, 5) is 25.2. The number of carbonyl (C=O) groups excluding carboxylic acids is 1. The summed E-state index contributed by atoms with van der Waals surface area (Å²) in [6.07, 6.45) is 4.86. The van der Waals surface area contributed by atoms with E-state index in [1.165, 1.54) is 6.20 Å². The lowest BCUT2D eigenvalue weighted by Crippen LogP contribution is -2.15. The van der Waals surface area contributed by atoms with Crippen molar-refractivity contribution in [2.24, 2.45) is 0 Å². The van der Waals surface area contributed by atoms with E-state index in [0.29, 0.717) is 24.0 Å². The highest BCUT2D eigenvalue weighted by molar-refractivity contribution is 6.03. The normalized spacial score (nSPS) is 10.4. The van der Waals surface area contributed by atoms with Crippen molar-refractivity contribution in [1.82, 2.24) is 15.0 Å². The third kappa shape index (κ3) is 5.42. The molecule has 31 heavy (non-hydrogen) atoms. The molecule has 4 aromatic rings. The van der Waals surface area contributed by atoms with Crippen LogP contribution >= 0.6 is 0 Å². The van der Waals surface area contributed by atoms with Crippen molar-refractivity contribution in [2.75, 3.05) is 10.6 Å². The minimum absolute atomic E-state index is 0.251. The molecule has 0 aliphatic heterocycles. The Labute approximate surface area is 180 Å². The van der Waals surface area contributed by atoms with Gasteiger partial charge in [0, 0.05) is 36.0 Å². The number of hydrogen-bond donors (Lipinski definition) is 2. The van der Waals surface area contributed by atoms with Crippen LogP contribution in [0.25, 0.3) is 0 Å². The molecule has 4 rings (SSSR count). The van der Waals surface area contributed by atoms with Crippen molar-refractivity contribution in [2.45, 2.75) is 13.5 Å². The van der Waals surface area contributed by atoms with E-state index in [-0.39, 0.29) is 11.6 Å². The molecule has 0 fully saturated rings. The molecule has 0 spiro atoms. The molecule has 2 aromatic heterocycles. The maximum atomic E-state index is 12.8. The third-order valence-electron chi connectivity index (χ3n) is 4.53. The van der Waals surface area contributed by atoms with Gasteiger partial charge in [-0.1, -0.05) is 36.4 Å². The summed E-state index contributed by atoms with van der Waals surface area (Å²) in [7, 11) is 0. The fourth-order valence-corrected chi connectivity index (χ4v) is 2.86. The zero-order chi connectivity index (χ0) is 21.5. The first-order valence-electron chi connectivity index (χ1n) is 9.76. The number of nitrogens with one attached hydrogen (secondary N) is 2. The van der Waals surface area contributed by atoms with Gasteiger partial charge in [0.05, 0.1) is 0 Å². The molecule has 2 aromatic carbocycles. The number of carbonyl (C=O) groups is 1. The SMILES string of the molecule is Cc1ccc(OCc2ccccc2)cc1NC(=O)c1ccnc(Nc2ccncc2)n1. The van der Waals surface area contributed by atoms with Crippen LogP contribution in [-0.4, -0.2) is 20.9 Å². The molecule has 1 amide bonds. The molecule has 154 valence electrons. The number of aryl methyl sites for hydroxylation is 1. The van der Waals surface area contributed by atoms with Gasteiger partial charge in [-0.25, -0.2) is 9.97 Å². The molecule has 0 atom stereocenters. The highest BCUT2D eigenvalue weighted by atomic mass is 16.5. The lowest BCUT2D eigenvalue weighted by Gasteiger charge is -2.12. The van der Waals surface area contributed by atoms with E-state index in [9.17, 15) is 4.79 Å². The molecule has 0 aliphatic rings. The second kappa shape index (κ2) is 9.49. The van der Waals surface area contributed by atoms with Crippen molar-refractivity contribution in [3.63, 3.8) is 0 Å². The summed E-state index contributed by atoms with van der Waals surface area (Å²) in [5, 5.41) is 5.96. The highest BCUT2D eigenvalue weighted by Gasteiger charge is 2.12. The standard InChI is InChI=1S/C24H21N5O2/c1-17-7-8-20(31-16-18-5-3-2-4-6-18)15-22(17)28-23(30)21-11-14-26-24(29-21)27-19-9-12-25-13-10-19/h2-15H,16H2,1H3,(H,28,30)(H,25,26,27,29). The maximum Gasteiger partial charge on any atom is 0.274 e. The second-order valence-corrected chi connectivity index (χ2v) is 6.83. The van der Waals surface area contributed by atoms with Gasteiger partial charge in [-0.3, -0.25) is 9.78 Å². The summed E-state index contributed by atoms with van der Waals surface area (Å²) < 4.78 is 5.87. The van der Waals surface area contributed by atoms with Crippen LogP contribution in [0, 0.1) is 6.92 Å².